The van der Waals surface area contributed by atoms with Gasteiger partial charge in [0.1, 0.15) is 0 Å². The van der Waals surface area contributed by atoms with E-state index in [-0.39, 0.29) is 17.7 Å². The van der Waals surface area contributed by atoms with Crippen molar-refractivity contribution in [3.05, 3.63) is 11.6 Å². The summed E-state index contributed by atoms with van der Waals surface area (Å²) in [5.41, 5.74) is 1.59. The van der Waals surface area contributed by atoms with Crippen molar-refractivity contribution in [2.24, 2.45) is 29.1 Å². The third kappa shape index (κ3) is 3.68. The molecule has 0 aromatic heterocycles. The molecule has 0 aromatic carbocycles. The second-order valence-corrected chi connectivity index (χ2v) is 8.76. The zero-order valence-corrected chi connectivity index (χ0v) is 15.4. The largest absolute Gasteiger partial charge is 0.354 e. The molecule has 4 aliphatic rings. The Labute approximate surface area is 145 Å². The number of allylic oxidation sites excluding steroid dienone is 1. The molecule has 0 heterocycles. The minimum atomic E-state index is -0.0149. The van der Waals surface area contributed by atoms with Gasteiger partial charge in [-0.15, -0.1) is 0 Å². The first-order valence-electron chi connectivity index (χ1n) is 9.62. The van der Waals surface area contributed by atoms with Crippen LogP contribution in [-0.4, -0.2) is 24.9 Å². The zero-order valence-electron chi connectivity index (χ0n) is 15.4. The normalized spacial score (nSPS) is 34.5. The molecular formula is C20H32N2O2. The Kier molecular flexibility index (Phi) is 5.03. The molecule has 4 heteroatoms. The van der Waals surface area contributed by atoms with Crippen molar-refractivity contribution in [3.8, 4) is 0 Å². The Balaban J connectivity index is 1.50. The van der Waals surface area contributed by atoms with Crippen LogP contribution in [0.5, 0.6) is 0 Å². The third-order valence-electron chi connectivity index (χ3n) is 6.47. The van der Waals surface area contributed by atoms with Crippen molar-refractivity contribution in [2.75, 3.05) is 13.1 Å². The van der Waals surface area contributed by atoms with Crippen molar-refractivity contribution in [1.29, 1.82) is 0 Å². The molecule has 0 atom stereocenters. The molecule has 2 amide bonds. The number of carbonyl (C=O) groups excluding carboxylic acids is 2. The van der Waals surface area contributed by atoms with E-state index in [4.69, 9.17) is 0 Å². The second-order valence-electron chi connectivity index (χ2n) is 8.76. The standard InChI is InChI=1S/C20H32N2O2/c1-13(2)19(24)22-5-4-21-18(23)6-14(3)20-10-15-7-16(11-20)9-17(8-15)12-20/h6,13,15-17H,4-5,7-12H2,1-3H3,(H,21,23)(H,22,24). The first-order valence-corrected chi connectivity index (χ1v) is 9.62. The van der Waals surface area contributed by atoms with Gasteiger partial charge in [0.2, 0.25) is 11.8 Å². The summed E-state index contributed by atoms with van der Waals surface area (Å²) in [7, 11) is 0. The van der Waals surface area contributed by atoms with Gasteiger partial charge in [-0.3, -0.25) is 9.59 Å². The van der Waals surface area contributed by atoms with E-state index in [0.717, 1.165) is 17.8 Å². The maximum atomic E-state index is 12.2. The summed E-state index contributed by atoms with van der Waals surface area (Å²) in [6, 6.07) is 0. The number of nitrogens with one attached hydrogen (secondary N) is 2. The van der Waals surface area contributed by atoms with Gasteiger partial charge in [0.25, 0.3) is 0 Å². The minimum Gasteiger partial charge on any atom is -0.354 e. The van der Waals surface area contributed by atoms with Gasteiger partial charge in [0.15, 0.2) is 0 Å². The highest BCUT2D eigenvalue weighted by molar-refractivity contribution is 5.88. The van der Waals surface area contributed by atoms with Crippen LogP contribution >= 0.6 is 0 Å². The van der Waals surface area contributed by atoms with Gasteiger partial charge in [0.05, 0.1) is 0 Å². The molecule has 4 fully saturated rings. The van der Waals surface area contributed by atoms with Crippen molar-refractivity contribution in [2.45, 2.75) is 59.3 Å². The Bertz CT molecular complexity index is 500. The van der Waals surface area contributed by atoms with Crippen LogP contribution in [0.2, 0.25) is 0 Å². The van der Waals surface area contributed by atoms with Crippen LogP contribution in [0.25, 0.3) is 0 Å². The summed E-state index contributed by atoms with van der Waals surface area (Å²) in [6.07, 6.45) is 9.98. The van der Waals surface area contributed by atoms with E-state index in [9.17, 15) is 9.59 Å². The quantitative estimate of drug-likeness (QED) is 0.580. The topological polar surface area (TPSA) is 58.2 Å². The summed E-state index contributed by atoms with van der Waals surface area (Å²) in [5, 5.41) is 5.73. The van der Waals surface area contributed by atoms with Crippen LogP contribution in [0, 0.1) is 29.1 Å². The Morgan fingerprint density at radius 3 is 2.00 bits per heavy atom. The highest BCUT2D eigenvalue weighted by Gasteiger charge is 2.51. The van der Waals surface area contributed by atoms with Crippen LogP contribution in [-0.2, 0) is 9.59 Å². The summed E-state index contributed by atoms with van der Waals surface area (Å²) < 4.78 is 0. The van der Waals surface area contributed by atoms with Crippen LogP contribution < -0.4 is 10.6 Å². The van der Waals surface area contributed by atoms with E-state index in [1.165, 1.54) is 44.1 Å². The molecule has 0 unspecified atom stereocenters. The van der Waals surface area contributed by atoms with Crippen LogP contribution in [0.1, 0.15) is 59.3 Å². The van der Waals surface area contributed by atoms with Gasteiger partial charge in [-0.2, -0.15) is 0 Å². The second kappa shape index (κ2) is 6.89. The predicted molar refractivity (Wildman–Crippen MR) is 95.2 cm³/mol. The average Bonchev–Trinajstić information content (AvgIpc) is 2.49. The lowest BCUT2D eigenvalue weighted by Crippen LogP contribution is -2.46. The SMILES string of the molecule is CC(=CC(=O)NCCNC(=O)C(C)C)C12CC3CC(CC(C3)C1)C2. The molecule has 134 valence electrons. The van der Waals surface area contributed by atoms with E-state index >= 15 is 0 Å². The van der Waals surface area contributed by atoms with Gasteiger partial charge >= 0.3 is 0 Å². The maximum Gasteiger partial charge on any atom is 0.244 e. The molecule has 0 spiro atoms. The van der Waals surface area contributed by atoms with E-state index in [0.29, 0.717) is 18.5 Å². The van der Waals surface area contributed by atoms with Gasteiger partial charge in [-0.05, 0) is 68.6 Å². The van der Waals surface area contributed by atoms with Gasteiger partial charge in [0, 0.05) is 25.1 Å². The molecule has 4 bridgehead atoms. The van der Waals surface area contributed by atoms with Crippen molar-refractivity contribution in [3.63, 3.8) is 0 Å². The van der Waals surface area contributed by atoms with Gasteiger partial charge < -0.3 is 10.6 Å². The lowest BCUT2D eigenvalue weighted by atomic mass is 9.48. The van der Waals surface area contributed by atoms with Gasteiger partial charge in [-0.1, -0.05) is 19.4 Å². The van der Waals surface area contributed by atoms with E-state index in [1.54, 1.807) is 0 Å². The molecule has 4 aliphatic carbocycles. The lowest BCUT2D eigenvalue weighted by molar-refractivity contribution is -0.124. The molecule has 4 nitrogen and oxygen atoms in total. The summed E-state index contributed by atoms with van der Waals surface area (Å²) in [4.78, 5) is 23.7. The van der Waals surface area contributed by atoms with Crippen LogP contribution in [0.15, 0.2) is 11.6 Å². The fourth-order valence-electron chi connectivity index (χ4n) is 5.57. The van der Waals surface area contributed by atoms with Crippen LogP contribution in [0.3, 0.4) is 0 Å². The molecule has 24 heavy (non-hydrogen) atoms. The first kappa shape index (κ1) is 17.5. The summed E-state index contributed by atoms with van der Waals surface area (Å²) >= 11 is 0. The van der Waals surface area contributed by atoms with Crippen molar-refractivity contribution >= 4 is 11.8 Å². The Morgan fingerprint density at radius 2 is 1.50 bits per heavy atom. The number of rotatable bonds is 6. The highest BCUT2D eigenvalue weighted by atomic mass is 16.2. The Hall–Kier alpha value is -1.32. The number of amides is 2. The highest BCUT2D eigenvalue weighted by Crippen LogP contribution is 2.62. The number of carbonyl (C=O) groups is 2. The average molecular weight is 332 g/mol. The molecule has 4 saturated carbocycles. The Morgan fingerprint density at radius 1 is 1.00 bits per heavy atom. The number of hydrogen-bond donors (Lipinski definition) is 2. The van der Waals surface area contributed by atoms with E-state index in [2.05, 4.69) is 17.6 Å². The lowest BCUT2D eigenvalue weighted by Gasteiger charge is -2.57. The van der Waals surface area contributed by atoms with Gasteiger partial charge in [-0.25, -0.2) is 0 Å². The van der Waals surface area contributed by atoms with E-state index < -0.39 is 0 Å². The molecule has 4 rings (SSSR count). The smallest absolute Gasteiger partial charge is 0.244 e. The van der Waals surface area contributed by atoms with Crippen molar-refractivity contribution < 1.29 is 9.59 Å². The molecule has 0 aromatic rings. The fourth-order valence-corrected chi connectivity index (χ4v) is 5.57. The third-order valence-corrected chi connectivity index (χ3v) is 6.47. The minimum absolute atomic E-state index is 0.0120. The van der Waals surface area contributed by atoms with Crippen LogP contribution in [0.4, 0.5) is 0 Å². The predicted octanol–water partition coefficient (Wildman–Crippen LogP) is 3.04. The molecule has 0 aliphatic heterocycles. The van der Waals surface area contributed by atoms with E-state index in [1.807, 2.05) is 19.9 Å². The van der Waals surface area contributed by atoms with Crippen molar-refractivity contribution in [1.82, 2.24) is 10.6 Å². The molecule has 2 N–H and O–H groups in total. The number of hydrogen-bond acceptors (Lipinski definition) is 2. The zero-order chi connectivity index (χ0) is 17.3. The fraction of sp³-hybridized carbons (Fsp3) is 0.800. The first-order chi connectivity index (χ1) is 11.4. The molecular weight excluding hydrogens is 300 g/mol. The maximum absolute atomic E-state index is 12.2. The monoisotopic (exact) mass is 332 g/mol. The molecule has 0 radical (unpaired) electrons. The summed E-state index contributed by atoms with van der Waals surface area (Å²) in [5.74, 6) is 2.70. The summed E-state index contributed by atoms with van der Waals surface area (Å²) in [6.45, 7) is 6.87. The molecule has 0 saturated heterocycles.